The van der Waals surface area contributed by atoms with E-state index in [9.17, 15) is 8.42 Å². The maximum atomic E-state index is 13.2. The minimum absolute atomic E-state index is 0.0942. The van der Waals surface area contributed by atoms with Crippen LogP contribution in [0.1, 0.15) is 10.4 Å². The van der Waals surface area contributed by atoms with E-state index in [2.05, 4.69) is 19.7 Å². The fraction of sp³-hybridized carbons (Fsp3) is 0.107. The molecule has 0 aliphatic heterocycles. The Labute approximate surface area is 240 Å². The highest BCUT2D eigenvalue weighted by molar-refractivity contribution is 7.94. The number of sulfonamides is 1. The zero-order valence-electron chi connectivity index (χ0n) is 21.4. The van der Waals surface area contributed by atoms with Gasteiger partial charge in [-0.3, -0.25) is 4.72 Å². The molecule has 5 aromatic rings. The summed E-state index contributed by atoms with van der Waals surface area (Å²) < 4.78 is 46.1. The number of nitrogens with zero attached hydrogens (tertiary/aromatic N) is 3. The predicted molar refractivity (Wildman–Crippen MR) is 154 cm³/mol. The number of hydrogen-bond acceptors (Lipinski definition) is 9. The number of hydrogen-bond donors (Lipinski definition) is 1. The fourth-order valence-corrected chi connectivity index (χ4v) is 5.94. The van der Waals surface area contributed by atoms with E-state index in [4.69, 9.17) is 25.8 Å². The van der Waals surface area contributed by atoms with E-state index < -0.39 is 10.0 Å². The molecule has 0 bridgehead atoms. The number of anilines is 1. The summed E-state index contributed by atoms with van der Waals surface area (Å²) in [6, 6.07) is 23.7. The standard InChI is InChI=1S/C28H23ClN4O5S2/c1-18-16-30-28(39-18)40(34,35)33-27-24(38-23-14-7-6-13-22(23)36-2)25(29)31-26(32-27)20-11-8-12-21(15-20)37-17-19-9-4-3-5-10-19/h3-16H,17H2,1-2H3,(H,31,32,33). The molecule has 3 aromatic carbocycles. The van der Waals surface area contributed by atoms with Gasteiger partial charge in [0.1, 0.15) is 12.4 Å². The summed E-state index contributed by atoms with van der Waals surface area (Å²) in [6.45, 7) is 2.13. The van der Waals surface area contributed by atoms with Gasteiger partial charge in [0.25, 0.3) is 10.0 Å². The highest BCUT2D eigenvalue weighted by Crippen LogP contribution is 2.40. The number of methoxy groups -OCH3 is 1. The van der Waals surface area contributed by atoms with Crippen molar-refractivity contribution in [2.24, 2.45) is 0 Å². The summed E-state index contributed by atoms with van der Waals surface area (Å²) in [5.41, 5.74) is 1.57. The van der Waals surface area contributed by atoms with Crippen molar-refractivity contribution in [2.75, 3.05) is 11.8 Å². The van der Waals surface area contributed by atoms with Crippen molar-refractivity contribution in [1.82, 2.24) is 15.0 Å². The number of benzene rings is 3. The second-order valence-corrected chi connectivity index (χ2v) is 11.9. The van der Waals surface area contributed by atoms with E-state index in [1.807, 2.05) is 36.4 Å². The number of aryl methyl sites for hydroxylation is 1. The molecule has 0 radical (unpaired) electrons. The third-order valence-electron chi connectivity index (χ3n) is 5.51. The van der Waals surface area contributed by atoms with Crippen molar-refractivity contribution in [3.63, 3.8) is 0 Å². The zero-order valence-corrected chi connectivity index (χ0v) is 23.8. The third-order valence-corrected chi connectivity index (χ3v) is 8.41. The van der Waals surface area contributed by atoms with Crippen molar-refractivity contribution in [3.05, 3.63) is 101 Å². The minimum Gasteiger partial charge on any atom is -0.493 e. The topological polar surface area (TPSA) is 113 Å². The monoisotopic (exact) mass is 594 g/mol. The maximum Gasteiger partial charge on any atom is 0.290 e. The first kappa shape index (κ1) is 27.4. The normalized spacial score (nSPS) is 11.2. The molecule has 12 heteroatoms. The number of halogens is 1. The van der Waals surface area contributed by atoms with E-state index in [-0.39, 0.29) is 26.9 Å². The summed E-state index contributed by atoms with van der Waals surface area (Å²) in [7, 11) is -2.62. The van der Waals surface area contributed by atoms with Gasteiger partial charge >= 0.3 is 0 Å². The molecule has 204 valence electrons. The first-order chi connectivity index (χ1) is 19.3. The highest BCUT2D eigenvalue weighted by atomic mass is 35.5. The molecular weight excluding hydrogens is 572 g/mol. The van der Waals surface area contributed by atoms with E-state index in [1.165, 1.54) is 13.3 Å². The van der Waals surface area contributed by atoms with Crippen LogP contribution in [0.15, 0.2) is 89.4 Å². The number of rotatable bonds is 10. The van der Waals surface area contributed by atoms with Crippen LogP contribution in [0, 0.1) is 6.92 Å². The Hall–Kier alpha value is -4.19. The molecule has 0 amide bonds. The maximum absolute atomic E-state index is 13.2. The van der Waals surface area contributed by atoms with Crippen LogP contribution >= 0.6 is 22.9 Å². The van der Waals surface area contributed by atoms with Crippen molar-refractivity contribution in [3.8, 4) is 34.4 Å². The summed E-state index contributed by atoms with van der Waals surface area (Å²) in [6.07, 6.45) is 1.48. The van der Waals surface area contributed by atoms with Gasteiger partial charge in [-0.1, -0.05) is 66.2 Å². The van der Waals surface area contributed by atoms with E-state index in [0.717, 1.165) is 21.8 Å². The van der Waals surface area contributed by atoms with Gasteiger partial charge in [-0.2, -0.15) is 8.42 Å². The molecule has 0 saturated carbocycles. The Morgan fingerprint density at radius 1 is 0.950 bits per heavy atom. The summed E-state index contributed by atoms with van der Waals surface area (Å²) in [5.74, 6) is 1.19. The molecule has 0 spiro atoms. The third kappa shape index (κ3) is 6.33. The minimum atomic E-state index is -4.11. The first-order valence-corrected chi connectivity index (χ1v) is 14.6. The van der Waals surface area contributed by atoms with E-state index in [0.29, 0.717) is 29.4 Å². The molecule has 0 fully saturated rings. The second-order valence-electron chi connectivity index (χ2n) is 8.41. The van der Waals surface area contributed by atoms with Crippen molar-refractivity contribution >= 4 is 38.8 Å². The van der Waals surface area contributed by atoms with Crippen molar-refractivity contribution in [2.45, 2.75) is 17.9 Å². The van der Waals surface area contributed by atoms with Gasteiger partial charge in [0.05, 0.1) is 7.11 Å². The molecular formula is C28H23ClN4O5S2. The number of thiazole rings is 1. The van der Waals surface area contributed by atoms with E-state index >= 15 is 0 Å². The second kappa shape index (κ2) is 11.9. The Balaban J connectivity index is 1.53. The van der Waals surface area contributed by atoms with Crippen molar-refractivity contribution < 1.29 is 22.6 Å². The average molecular weight is 595 g/mol. The number of nitrogens with one attached hydrogen (secondary N) is 1. The van der Waals surface area contributed by atoms with Crippen LogP contribution in [-0.4, -0.2) is 30.5 Å². The number of aromatic nitrogens is 3. The van der Waals surface area contributed by atoms with Gasteiger partial charge < -0.3 is 14.2 Å². The molecule has 0 unspecified atom stereocenters. The average Bonchev–Trinajstić information content (AvgIpc) is 3.42. The van der Waals surface area contributed by atoms with Crippen LogP contribution in [0.2, 0.25) is 5.15 Å². The molecule has 9 nitrogen and oxygen atoms in total. The molecule has 1 N–H and O–H groups in total. The SMILES string of the molecule is COc1ccccc1Oc1c(Cl)nc(-c2cccc(OCc3ccccc3)c2)nc1NS(=O)(=O)c1ncc(C)s1. The van der Waals surface area contributed by atoms with Gasteiger partial charge in [0.15, 0.2) is 28.3 Å². The molecule has 0 aliphatic rings. The Morgan fingerprint density at radius 2 is 1.70 bits per heavy atom. The molecule has 0 aliphatic carbocycles. The smallest absolute Gasteiger partial charge is 0.290 e. The predicted octanol–water partition coefficient (Wildman–Crippen LogP) is 6.74. The molecule has 0 saturated heterocycles. The van der Waals surface area contributed by atoms with Crippen LogP contribution in [0.5, 0.6) is 23.0 Å². The van der Waals surface area contributed by atoms with Crippen LogP contribution in [-0.2, 0) is 16.6 Å². The van der Waals surface area contributed by atoms with E-state index in [1.54, 1.807) is 49.4 Å². The van der Waals surface area contributed by atoms with Gasteiger partial charge in [-0.25, -0.2) is 15.0 Å². The van der Waals surface area contributed by atoms with Crippen LogP contribution in [0.25, 0.3) is 11.4 Å². The number of ether oxygens (including phenoxy) is 3. The summed E-state index contributed by atoms with van der Waals surface area (Å²) in [4.78, 5) is 13.6. The van der Waals surface area contributed by atoms with Crippen molar-refractivity contribution in [1.29, 1.82) is 0 Å². The Morgan fingerprint density at radius 3 is 2.42 bits per heavy atom. The van der Waals surface area contributed by atoms with Crippen LogP contribution in [0.3, 0.4) is 0 Å². The van der Waals surface area contributed by atoms with Crippen LogP contribution in [0.4, 0.5) is 5.82 Å². The molecule has 2 heterocycles. The lowest BCUT2D eigenvalue weighted by Crippen LogP contribution is -2.15. The lowest BCUT2D eigenvalue weighted by Gasteiger charge is -2.16. The van der Waals surface area contributed by atoms with Gasteiger partial charge in [-0.05, 0) is 36.8 Å². The Bertz CT molecular complexity index is 1750. The molecule has 0 atom stereocenters. The van der Waals surface area contributed by atoms with Gasteiger partial charge in [0.2, 0.25) is 10.1 Å². The summed E-state index contributed by atoms with van der Waals surface area (Å²) in [5, 5.41) is -0.112. The summed E-state index contributed by atoms with van der Waals surface area (Å²) >= 11 is 7.62. The van der Waals surface area contributed by atoms with Crippen LogP contribution < -0.4 is 18.9 Å². The Kier molecular flexibility index (Phi) is 8.15. The quantitative estimate of drug-likeness (QED) is 0.177. The lowest BCUT2D eigenvalue weighted by atomic mass is 10.2. The first-order valence-electron chi connectivity index (χ1n) is 11.9. The molecule has 2 aromatic heterocycles. The lowest BCUT2D eigenvalue weighted by molar-refractivity contribution is 0.306. The largest absolute Gasteiger partial charge is 0.493 e. The zero-order chi connectivity index (χ0) is 28.1. The molecule has 5 rings (SSSR count). The van der Waals surface area contributed by atoms with Gasteiger partial charge in [0, 0.05) is 16.6 Å². The fourth-order valence-electron chi connectivity index (χ4n) is 3.62. The number of para-hydroxylation sites is 2. The molecule has 40 heavy (non-hydrogen) atoms. The highest BCUT2D eigenvalue weighted by Gasteiger charge is 2.25. The van der Waals surface area contributed by atoms with Gasteiger partial charge in [-0.15, -0.1) is 11.3 Å².